The molecule has 0 bridgehead atoms. The molecule has 2 heterocycles. The molecule has 1 aromatic carbocycles. The first-order valence-corrected chi connectivity index (χ1v) is 8.30. The molecule has 0 radical (unpaired) electrons. The number of pyridine rings is 1. The van der Waals surface area contributed by atoms with E-state index in [1.54, 1.807) is 24.5 Å². The highest BCUT2D eigenvalue weighted by atomic mass is 32.2. The van der Waals surface area contributed by atoms with E-state index in [1.807, 2.05) is 31.2 Å². The molecule has 0 fully saturated rings. The monoisotopic (exact) mass is 338 g/mol. The Morgan fingerprint density at radius 3 is 3.08 bits per heavy atom. The molecule has 1 aliphatic carbocycles. The van der Waals surface area contributed by atoms with Gasteiger partial charge in [0.25, 0.3) is 4.87 Å². The first-order chi connectivity index (χ1) is 11.6. The number of nitro groups is 1. The summed E-state index contributed by atoms with van der Waals surface area (Å²) in [4.78, 5) is 22.9. The van der Waals surface area contributed by atoms with Gasteiger partial charge < -0.3 is 4.98 Å². The maximum atomic E-state index is 11.9. The average Bonchev–Trinajstić information content (AvgIpc) is 2.94. The predicted octanol–water partition coefficient (Wildman–Crippen LogP) is 3.60. The van der Waals surface area contributed by atoms with Crippen LogP contribution in [0.1, 0.15) is 17.2 Å². The lowest BCUT2D eigenvalue weighted by molar-refractivity contribution is -0.524. The molecule has 1 atom stereocenters. The van der Waals surface area contributed by atoms with Gasteiger partial charge in [0.2, 0.25) is 0 Å². The zero-order valence-corrected chi connectivity index (χ0v) is 13.7. The number of benzene rings is 1. The first kappa shape index (κ1) is 14.9. The Balaban J connectivity index is 1.79. The van der Waals surface area contributed by atoms with E-state index in [0.29, 0.717) is 0 Å². The minimum absolute atomic E-state index is 0.215. The molecule has 0 saturated carbocycles. The van der Waals surface area contributed by atoms with Gasteiger partial charge >= 0.3 is 0 Å². The Hall–Kier alpha value is -2.67. The molecule has 0 saturated heterocycles. The highest BCUT2D eigenvalue weighted by Crippen LogP contribution is 2.42. The van der Waals surface area contributed by atoms with Crippen molar-refractivity contribution in [2.45, 2.75) is 23.1 Å². The quantitative estimate of drug-likeness (QED) is 0.448. The molecule has 1 aliphatic rings. The lowest BCUT2D eigenvalue weighted by Gasteiger charge is -2.24. The fraction of sp³-hybridized carbons (Fsp3) is 0.176. The number of fused-ring (bicyclic) bond motifs is 2. The number of nitrogens with one attached hydrogen (secondary N) is 1. The van der Waals surface area contributed by atoms with E-state index in [4.69, 9.17) is 0 Å². The summed E-state index contributed by atoms with van der Waals surface area (Å²) in [5, 5.41) is 13.9. The van der Waals surface area contributed by atoms with Crippen LogP contribution >= 0.6 is 11.8 Å². The number of nitrogens with zero attached hydrogens (tertiary/aromatic N) is 3. The Morgan fingerprint density at radius 2 is 2.25 bits per heavy atom. The SMILES string of the molecule is Cc1nc2c([nH]1)CC(Sc1cccc3cnccc13)([N+](=O)[O-])C=C2. The van der Waals surface area contributed by atoms with Crippen molar-refractivity contribution in [1.29, 1.82) is 0 Å². The van der Waals surface area contributed by atoms with Crippen molar-refractivity contribution in [2.24, 2.45) is 0 Å². The molecular formula is C17H14N4O2S. The maximum absolute atomic E-state index is 11.9. The van der Waals surface area contributed by atoms with Crippen LogP contribution in [0.25, 0.3) is 16.8 Å². The minimum atomic E-state index is -1.25. The molecule has 0 amide bonds. The standard InChI is InChI=1S/C17H14N4O2S/c1-11-19-14-5-7-17(21(22)23,9-15(14)20-11)24-16-4-2-3-12-10-18-8-6-13(12)16/h2-8,10H,9H2,1H3,(H,19,20). The summed E-state index contributed by atoms with van der Waals surface area (Å²) < 4.78 is 0. The van der Waals surface area contributed by atoms with Crippen LogP contribution in [0.2, 0.25) is 0 Å². The van der Waals surface area contributed by atoms with E-state index in [1.165, 1.54) is 11.8 Å². The topological polar surface area (TPSA) is 84.7 Å². The van der Waals surface area contributed by atoms with Crippen LogP contribution in [-0.2, 0) is 6.42 Å². The van der Waals surface area contributed by atoms with E-state index in [2.05, 4.69) is 15.0 Å². The van der Waals surface area contributed by atoms with Gasteiger partial charge in [0.05, 0.1) is 17.8 Å². The summed E-state index contributed by atoms with van der Waals surface area (Å²) in [5.41, 5.74) is 1.59. The highest BCUT2D eigenvalue weighted by Gasteiger charge is 2.45. The maximum Gasteiger partial charge on any atom is 0.295 e. The molecule has 1 N–H and O–H groups in total. The van der Waals surface area contributed by atoms with E-state index < -0.39 is 4.87 Å². The van der Waals surface area contributed by atoms with Gasteiger partial charge in [-0.1, -0.05) is 12.1 Å². The van der Waals surface area contributed by atoms with Crippen LogP contribution in [0.3, 0.4) is 0 Å². The number of aromatic amines is 1. The molecule has 24 heavy (non-hydrogen) atoms. The van der Waals surface area contributed by atoms with Crippen molar-refractivity contribution in [3.63, 3.8) is 0 Å². The molecular weight excluding hydrogens is 324 g/mol. The summed E-state index contributed by atoms with van der Waals surface area (Å²) in [7, 11) is 0. The number of hydrogen-bond donors (Lipinski definition) is 1. The molecule has 4 rings (SSSR count). The number of thioether (sulfide) groups is 1. The second kappa shape index (κ2) is 5.45. The molecule has 0 spiro atoms. The van der Waals surface area contributed by atoms with E-state index in [0.717, 1.165) is 32.9 Å². The molecule has 0 aliphatic heterocycles. The van der Waals surface area contributed by atoms with Crippen LogP contribution in [0.15, 0.2) is 47.6 Å². The van der Waals surface area contributed by atoms with Gasteiger partial charge in [-0.05, 0) is 42.3 Å². The van der Waals surface area contributed by atoms with Gasteiger partial charge in [-0.15, -0.1) is 0 Å². The first-order valence-electron chi connectivity index (χ1n) is 7.48. The van der Waals surface area contributed by atoms with Crippen LogP contribution < -0.4 is 0 Å². The summed E-state index contributed by atoms with van der Waals surface area (Å²) >= 11 is 1.26. The average molecular weight is 338 g/mol. The molecule has 1 unspecified atom stereocenters. The Kier molecular flexibility index (Phi) is 3.38. The summed E-state index contributed by atoms with van der Waals surface area (Å²) in [6, 6.07) is 7.67. The third kappa shape index (κ3) is 2.37. The van der Waals surface area contributed by atoms with Gasteiger partial charge in [0.1, 0.15) is 5.82 Å². The van der Waals surface area contributed by atoms with Gasteiger partial charge in [-0.25, -0.2) is 4.98 Å². The zero-order chi connectivity index (χ0) is 16.7. The van der Waals surface area contributed by atoms with Crippen LogP contribution in [0.4, 0.5) is 0 Å². The molecule has 6 nitrogen and oxygen atoms in total. The highest BCUT2D eigenvalue weighted by molar-refractivity contribution is 8.00. The van der Waals surface area contributed by atoms with Gasteiger partial charge in [-0.3, -0.25) is 15.1 Å². The lowest BCUT2D eigenvalue weighted by Crippen LogP contribution is -2.36. The Labute approximate surface area is 142 Å². The van der Waals surface area contributed by atoms with E-state index >= 15 is 0 Å². The van der Waals surface area contributed by atoms with Gasteiger partial charge in [0.15, 0.2) is 0 Å². The van der Waals surface area contributed by atoms with Crippen molar-refractivity contribution in [1.82, 2.24) is 15.0 Å². The summed E-state index contributed by atoms with van der Waals surface area (Å²) in [5.74, 6) is 0.769. The lowest BCUT2D eigenvalue weighted by atomic mass is 10.0. The van der Waals surface area contributed by atoms with E-state index in [-0.39, 0.29) is 11.3 Å². The van der Waals surface area contributed by atoms with Crippen molar-refractivity contribution >= 4 is 28.6 Å². The molecule has 120 valence electrons. The number of aryl methyl sites for hydroxylation is 1. The van der Waals surface area contributed by atoms with Crippen molar-refractivity contribution in [3.8, 4) is 0 Å². The molecule has 3 aromatic rings. The number of imidazole rings is 1. The number of rotatable bonds is 3. The van der Waals surface area contributed by atoms with Crippen LogP contribution in [0.5, 0.6) is 0 Å². The number of H-pyrrole nitrogens is 1. The molecule has 2 aromatic heterocycles. The van der Waals surface area contributed by atoms with E-state index in [9.17, 15) is 10.1 Å². The van der Waals surface area contributed by atoms with Gasteiger partial charge in [-0.2, -0.15) is 0 Å². The fourth-order valence-electron chi connectivity index (χ4n) is 2.96. The Morgan fingerprint density at radius 1 is 1.38 bits per heavy atom. The zero-order valence-electron chi connectivity index (χ0n) is 12.9. The normalized spacial score (nSPS) is 19.4. The van der Waals surface area contributed by atoms with Gasteiger partial charge in [0, 0.05) is 33.7 Å². The third-order valence-electron chi connectivity index (χ3n) is 4.10. The van der Waals surface area contributed by atoms with Crippen LogP contribution in [-0.4, -0.2) is 24.7 Å². The molecule has 7 heteroatoms. The van der Waals surface area contributed by atoms with Crippen LogP contribution in [0, 0.1) is 17.0 Å². The second-order valence-electron chi connectivity index (χ2n) is 5.75. The largest absolute Gasteiger partial charge is 0.345 e. The Bertz CT molecular complexity index is 976. The summed E-state index contributed by atoms with van der Waals surface area (Å²) in [6.45, 7) is 1.85. The second-order valence-corrected chi connectivity index (χ2v) is 7.10. The number of aromatic nitrogens is 3. The third-order valence-corrected chi connectivity index (χ3v) is 5.46. The van der Waals surface area contributed by atoms with Crippen molar-refractivity contribution < 1.29 is 4.92 Å². The smallest absolute Gasteiger partial charge is 0.295 e. The fourth-order valence-corrected chi connectivity index (χ4v) is 4.21. The van der Waals surface area contributed by atoms with Crippen molar-refractivity contribution in [3.05, 3.63) is 70.1 Å². The minimum Gasteiger partial charge on any atom is -0.345 e. The van der Waals surface area contributed by atoms with Crippen molar-refractivity contribution in [2.75, 3.05) is 0 Å². The summed E-state index contributed by atoms with van der Waals surface area (Å²) in [6.07, 6.45) is 7.15. The predicted molar refractivity (Wildman–Crippen MR) is 93.4 cm³/mol. The number of hydrogen-bond acceptors (Lipinski definition) is 5.